The van der Waals surface area contributed by atoms with E-state index in [0.717, 1.165) is 11.1 Å². The zero-order chi connectivity index (χ0) is 9.10. The Kier molecular flexibility index (Phi) is 2.10. The van der Waals surface area contributed by atoms with Crippen LogP contribution in [0.4, 0.5) is 0 Å². The highest BCUT2D eigenvalue weighted by atomic mass is 16.5. The Balaban J connectivity index is 2.47. The molecular weight excluding hydrogens is 166 g/mol. The molecule has 1 N–H and O–H groups in total. The van der Waals surface area contributed by atoms with Crippen LogP contribution in [0.5, 0.6) is 0 Å². The minimum Gasteiger partial charge on any atom is -0.388 e. The zero-order valence-corrected chi connectivity index (χ0v) is 6.97. The summed E-state index contributed by atoms with van der Waals surface area (Å²) in [4.78, 5) is 0. The molecule has 1 aromatic heterocycles. The molecule has 0 bridgehead atoms. The van der Waals surface area contributed by atoms with Gasteiger partial charge in [-0.15, -0.1) is 0 Å². The van der Waals surface area contributed by atoms with Crippen LogP contribution in [-0.2, 0) is 6.61 Å². The second-order valence-electron chi connectivity index (χ2n) is 2.69. The first kappa shape index (κ1) is 8.01. The zero-order valence-electron chi connectivity index (χ0n) is 6.97. The van der Waals surface area contributed by atoms with E-state index < -0.39 is 0 Å². The van der Waals surface area contributed by atoms with Gasteiger partial charge < -0.3 is 9.63 Å². The first-order valence-electron chi connectivity index (χ1n) is 4.01. The number of benzene rings is 1. The molecule has 0 aliphatic heterocycles. The van der Waals surface area contributed by atoms with Crippen LogP contribution in [-0.4, -0.2) is 10.3 Å². The third kappa shape index (κ3) is 1.46. The molecule has 2 rings (SSSR count). The van der Waals surface area contributed by atoms with Gasteiger partial charge in [-0.1, -0.05) is 35.5 Å². The minimum atomic E-state index is -0.121. The van der Waals surface area contributed by atoms with Crippen LogP contribution in [0.1, 0.15) is 5.76 Å². The van der Waals surface area contributed by atoms with E-state index in [1.54, 1.807) is 6.20 Å². The Morgan fingerprint density at radius 3 is 2.69 bits per heavy atom. The summed E-state index contributed by atoms with van der Waals surface area (Å²) in [6.07, 6.45) is 1.61. The molecule has 0 saturated carbocycles. The summed E-state index contributed by atoms with van der Waals surface area (Å²) < 4.78 is 4.87. The molecule has 1 aromatic carbocycles. The van der Waals surface area contributed by atoms with E-state index >= 15 is 0 Å². The molecule has 0 aliphatic rings. The van der Waals surface area contributed by atoms with E-state index in [2.05, 4.69) is 5.16 Å². The number of rotatable bonds is 2. The van der Waals surface area contributed by atoms with Gasteiger partial charge in [-0.25, -0.2) is 0 Å². The standard InChI is InChI=1S/C10H9NO2/c12-7-10-9(6-11-13-10)8-4-2-1-3-5-8/h1-6,12H,7H2. The van der Waals surface area contributed by atoms with Crippen molar-refractivity contribution in [1.82, 2.24) is 5.16 Å². The van der Waals surface area contributed by atoms with Crippen LogP contribution in [0.3, 0.4) is 0 Å². The molecule has 66 valence electrons. The Bertz CT molecular complexity index is 381. The van der Waals surface area contributed by atoms with E-state index in [1.165, 1.54) is 0 Å². The predicted molar refractivity (Wildman–Crippen MR) is 47.9 cm³/mol. The Hall–Kier alpha value is -1.61. The Morgan fingerprint density at radius 2 is 2.00 bits per heavy atom. The van der Waals surface area contributed by atoms with Crippen LogP contribution in [0.25, 0.3) is 11.1 Å². The van der Waals surface area contributed by atoms with Gasteiger partial charge in [0, 0.05) is 5.56 Å². The van der Waals surface area contributed by atoms with Crippen molar-refractivity contribution in [3.8, 4) is 11.1 Å². The van der Waals surface area contributed by atoms with Crippen molar-refractivity contribution in [1.29, 1.82) is 0 Å². The largest absolute Gasteiger partial charge is 0.388 e. The molecule has 0 saturated heterocycles. The quantitative estimate of drug-likeness (QED) is 0.757. The van der Waals surface area contributed by atoms with Crippen molar-refractivity contribution in [2.24, 2.45) is 0 Å². The lowest BCUT2D eigenvalue weighted by molar-refractivity contribution is 0.229. The molecular formula is C10H9NO2. The van der Waals surface area contributed by atoms with Crippen molar-refractivity contribution in [3.63, 3.8) is 0 Å². The third-order valence-electron chi connectivity index (χ3n) is 1.87. The molecule has 0 amide bonds. The highest BCUT2D eigenvalue weighted by molar-refractivity contribution is 5.63. The summed E-state index contributed by atoms with van der Waals surface area (Å²) in [6, 6.07) is 9.71. The van der Waals surface area contributed by atoms with Gasteiger partial charge in [0.1, 0.15) is 6.61 Å². The van der Waals surface area contributed by atoms with Crippen LogP contribution in [0.2, 0.25) is 0 Å². The fourth-order valence-corrected chi connectivity index (χ4v) is 1.23. The molecule has 0 radical (unpaired) electrons. The van der Waals surface area contributed by atoms with Crippen molar-refractivity contribution in [2.45, 2.75) is 6.61 Å². The minimum absolute atomic E-state index is 0.121. The second kappa shape index (κ2) is 3.41. The SMILES string of the molecule is OCc1oncc1-c1ccccc1. The van der Waals surface area contributed by atoms with Gasteiger partial charge in [0.2, 0.25) is 0 Å². The van der Waals surface area contributed by atoms with Crippen LogP contribution in [0, 0.1) is 0 Å². The van der Waals surface area contributed by atoms with Crippen LogP contribution in [0.15, 0.2) is 41.1 Å². The number of aliphatic hydroxyl groups excluding tert-OH is 1. The molecule has 0 atom stereocenters. The molecule has 3 heteroatoms. The predicted octanol–water partition coefficient (Wildman–Crippen LogP) is 1.83. The topological polar surface area (TPSA) is 46.3 Å². The van der Waals surface area contributed by atoms with Crippen molar-refractivity contribution >= 4 is 0 Å². The lowest BCUT2D eigenvalue weighted by atomic mass is 10.1. The summed E-state index contributed by atoms with van der Waals surface area (Å²) in [5, 5.41) is 12.6. The van der Waals surface area contributed by atoms with Crippen molar-refractivity contribution < 1.29 is 9.63 Å². The molecule has 13 heavy (non-hydrogen) atoms. The van der Waals surface area contributed by atoms with Gasteiger partial charge >= 0.3 is 0 Å². The fourth-order valence-electron chi connectivity index (χ4n) is 1.23. The first-order chi connectivity index (χ1) is 6.42. The van der Waals surface area contributed by atoms with E-state index in [1.807, 2.05) is 30.3 Å². The van der Waals surface area contributed by atoms with Gasteiger partial charge in [-0.2, -0.15) is 0 Å². The van der Waals surface area contributed by atoms with E-state index in [0.29, 0.717) is 5.76 Å². The van der Waals surface area contributed by atoms with Crippen LogP contribution < -0.4 is 0 Å². The number of hydrogen-bond acceptors (Lipinski definition) is 3. The maximum absolute atomic E-state index is 8.93. The van der Waals surface area contributed by atoms with Crippen molar-refractivity contribution in [3.05, 3.63) is 42.3 Å². The maximum atomic E-state index is 8.93. The van der Waals surface area contributed by atoms with Gasteiger partial charge in [-0.05, 0) is 5.56 Å². The molecule has 0 unspecified atom stereocenters. The molecule has 0 aliphatic carbocycles. The first-order valence-corrected chi connectivity index (χ1v) is 4.01. The van der Waals surface area contributed by atoms with E-state index in [-0.39, 0.29) is 6.61 Å². The van der Waals surface area contributed by atoms with Gasteiger partial charge in [0.25, 0.3) is 0 Å². The number of hydrogen-bond donors (Lipinski definition) is 1. The lowest BCUT2D eigenvalue weighted by Crippen LogP contribution is -1.82. The smallest absolute Gasteiger partial charge is 0.169 e. The average Bonchev–Trinajstić information content (AvgIpc) is 2.67. The second-order valence-corrected chi connectivity index (χ2v) is 2.69. The third-order valence-corrected chi connectivity index (χ3v) is 1.87. The van der Waals surface area contributed by atoms with Gasteiger partial charge in [0.15, 0.2) is 5.76 Å². The molecule has 1 heterocycles. The van der Waals surface area contributed by atoms with Crippen LogP contribution >= 0.6 is 0 Å². The Morgan fingerprint density at radius 1 is 1.23 bits per heavy atom. The number of aromatic nitrogens is 1. The molecule has 2 aromatic rings. The monoisotopic (exact) mass is 175 g/mol. The molecule has 0 fully saturated rings. The summed E-state index contributed by atoms with van der Waals surface area (Å²) in [5.41, 5.74) is 1.86. The highest BCUT2D eigenvalue weighted by Crippen LogP contribution is 2.22. The summed E-state index contributed by atoms with van der Waals surface area (Å²) in [7, 11) is 0. The van der Waals surface area contributed by atoms with Crippen molar-refractivity contribution in [2.75, 3.05) is 0 Å². The van der Waals surface area contributed by atoms with E-state index in [4.69, 9.17) is 9.63 Å². The highest BCUT2D eigenvalue weighted by Gasteiger charge is 2.07. The fraction of sp³-hybridized carbons (Fsp3) is 0.100. The van der Waals surface area contributed by atoms with Gasteiger partial charge in [-0.3, -0.25) is 0 Å². The summed E-state index contributed by atoms with van der Waals surface area (Å²) >= 11 is 0. The lowest BCUT2D eigenvalue weighted by Gasteiger charge is -1.96. The van der Waals surface area contributed by atoms with Gasteiger partial charge in [0.05, 0.1) is 6.20 Å². The Labute approximate surface area is 75.6 Å². The average molecular weight is 175 g/mol. The molecule has 0 spiro atoms. The number of aliphatic hydroxyl groups is 1. The molecule has 3 nitrogen and oxygen atoms in total. The normalized spacial score (nSPS) is 10.2. The summed E-state index contributed by atoms with van der Waals surface area (Å²) in [6.45, 7) is -0.121. The maximum Gasteiger partial charge on any atom is 0.169 e. The van der Waals surface area contributed by atoms with E-state index in [9.17, 15) is 0 Å². The summed E-state index contributed by atoms with van der Waals surface area (Å²) in [5.74, 6) is 0.506. The number of nitrogens with zero attached hydrogens (tertiary/aromatic N) is 1.